The molecular formula is C14H28N6OSi. The average Bonchev–Trinajstić information content (AvgIpc) is 2.90. The van der Waals surface area contributed by atoms with E-state index in [1.807, 2.05) is 19.9 Å². The van der Waals surface area contributed by atoms with Gasteiger partial charge in [0.2, 0.25) is 0 Å². The van der Waals surface area contributed by atoms with Gasteiger partial charge in [0.25, 0.3) is 0 Å². The van der Waals surface area contributed by atoms with Gasteiger partial charge in [0, 0.05) is 38.2 Å². The Balaban J connectivity index is 0.000000287. The number of nitrogens with one attached hydrogen (secondary N) is 1. The van der Waals surface area contributed by atoms with Gasteiger partial charge >= 0.3 is 0 Å². The van der Waals surface area contributed by atoms with Crippen LogP contribution in [-0.4, -0.2) is 34.7 Å². The van der Waals surface area contributed by atoms with Crippen molar-refractivity contribution in [3.05, 3.63) is 23.5 Å². The zero-order valence-electron chi connectivity index (χ0n) is 14.2. The first kappa shape index (κ1) is 18.2. The molecule has 0 atom stereocenters. The number of H-pyrrole nitrogens is 1. The number of aryl methyl sites for hydroxylation is 2. The summed E-state index contributed by atoms with van der Waals surface area (Å²) < 4.78 is 7.36. The Bertz CT molecular complexity index is 556. The summed E-state index contributed by atoms with van der Waals surface area (Å²) >= 11 is 0. The van der Waals surface area contributed by atoms with Gasteiger partial charge in [0.15, 0.2) is 0 Å². The first-order valence-electron chi connectivity index (χ1n) is 7.32. The second-order valence-electron chi connectivity index (χ2n) is 6.53. The van der Waals surface area contributed by atoms with Crippen LogP contribution < -0.4 is 11.5 Å². The lowest BCUT2D eigenvalue weighted by molar-refractivity contribution is 0.0773. The molecular weight excluding hydrogens is 296 g/mol. The molecule has 8 heteroatoms. The number of rotatable bonds is 5. The van der Waals surface area contributed by atoms with Crippen LogP contribution in [0.25, 0.3) is 0 Å². The molecule has 0 fully saturated rings. The predicted octanol–water partition coefficient (Wildman–Crippen LogP) is 2.39. The van der Waals surface area contributed by atoms with Gasteiger partial charge in [-0.3, -0.25) is 5.10 Å². The fourth-order valence-corrected chi connectivity index (χ4v) is 2.39. The summed E-state index contributed by atoms with van der Waals surface area (Å²) in [6.45, 7) is 12.2. The number of nitrogens with zero attached hydrogens (tertiary/aromatic N) is 3. The summed E-state index contributed by atoms with van der Waals surface area (Å²) in [5.74, 6) is 1.11. The van der Waals surface area contributed by atoms with Crippen LogP contribution in [0.1, 0.15) is 11.4 Å². The summed E-state index contributed by atoms with van der Waals surface area (Å²) in [6, 6.07) is 4.81. The number of anilines is 2. The molecule has 2 aromatic rings. The Kier molecular flexibility index (Phi) is 6.63. The van der Waals surface area contributed by atoms with Crippen LogP contribution in [0.4, 0.5) is 11.6 Å². The van der Waals surface area contributed by atoms with Crippen molar-refractivity contribution in [2.45, 2.75) is 46.3 Å². The molecule has 124 valence electrons. The molecule has 2 rings (SSSR count). The predicted molar refractivity (Wildman–Crippen MR) is 93.2 cm³/mol. The summed E-state index contributed by atoms with van der Waals surface area (Å²) in [4.78, 5) is 0. The van der Waals surface area contributed by atoms with Gasteiger partial charge in [-0.1, -0.05) is 19.6 Å². The van der Waals surface area contributed by atoms with Gasteiger partial charge in [-0.05, 0) is 19.9 Å². The molecule has 0 aliphatic heterocycles. The standard InChI is InChI=1S/C10H21N3OSi.C4H7N3/c1-9-7-10(11)12-13(9)8-14-5-6-15(2,3)4;1-3-2-4(5)7-6-3/h7H,5-6,8H2,1-4H3,(H2,11,12);2H,1H3,(H3,5,6,7). The molecule has 0 saturated carbocycles. The van der Waals surface area contributed by atoms with Crippen molar-refractivity contribution >= 4 is 19.7 Å². The smallest absolute Gasteiger partial charge is 0.145 e. The lowest BCUT2D eigenvalue weighted by Gasteiger charge is -2.15. The highest BCUT2D eigenvalue weighted by Gasteiger charge is 2.12. The molecule has 0 spiro atoms. The molecule has 0 unspecified atom stereocenters. The Hall–Kier alpha value is -1.80. The monoisotopic (exact) mass is 324 g/mol. The van der Waals surface area contributed by atoms with Gasteiger partial charge in [-0.2, -0.15) is 10.2 Å². The SMILES string of the molecule is Cc1cc(N)n[nH]1.Cc1cc(N)nn1COCC[Si](C)(C)C. The molecule has 5 N–H and O–H groups in total. The largest absolute Gasteiger partial charge is 0.382 e. The maximum atomic E-state index is 5.57. The molecule has 2 heterocycles. The Labute approximate surface area is 133 Å². The van der Waals surface area contributed by atoms with Crippen molar-refractivity contribution in [3.63, 3.8) is 0 Å². The van der Waals surface area contributed by atoms with Gasteiger partial charge in [0.05, 0.1) is 0 Å². The van der Waals surface area contributed by atoms with Crippen LogP contribution in [0, 0.1) is 13.8 Å². The van der Waals surface area contributed by atoms with E-state index in [0.29, 0.717) is 18.4 Å². The third-order valence-corrected chi connectivity index (χ3v) is 4.64. The van der Waals surface area contributed by atoms with Crippen LogP contribution in [0.3, 0.4) is 0 Å². The summed E-state index contributed by atoms with van der Waals surface area (Å²) in [5, 5.41) is 10.5. The normalized spacial score (nSPS) is 11.1. The van der Waals surface area contributed by atoms with Crippen LogP contribution in [0.5, 0.6) is 0 Å². The molecule has 0 amide bonds. The van der Waals surface area contributed by atoms with E-state index in [-0.39, 0.29) is 0 Å². The van der Waals surface area contributed by atoms with Crippen LogP contribution >= 0.6 is 0 Å². The van der Waals surface area contributed by atoms with E-state index in [0.717, 1.165) is 18.0 Å². The van der Waals surface area contributed by atoms with E-state index in [2.05, 4.69) is 34.9 Å². The average molecular weight is 325 g/mol. The highest BCUT2D eigenvalue weighted by molar-refractivity contribution is 6.76. The zero-order valence-corrected chi connectivity index (χ0v) is 15.2. The number of aromatic nitrogens is 4. The molecule has 0 aliphatic carbocycles. The molecule has 2 aromatic heterocycles. The number of nitrogens with two attached hydrogens (primary N) is 2. The fraction of sp³-hybridized carbons (Fsp3) is 0.571. The first-order chi connectivity index (χ1) is 10.2. The van der Waals surface area contributed by atoms with E-state index in [1.165, 1.54) is 6.04 Å². The molecule has 0 saturated heterocycles. The maximum absolute atomic E-state index is 5.57. The van der Waals surface area contributed by atoms with E-state index < -0.39 is 8.07 Å². The van der Waals surface area contributed by atoms with Crippen LogP contribution in [0.15, 0.2) is 12.1 Å². The number of ether oxygens (including phenoxy) is 1. The zero-order chi connectivity index (χ0) is 16.8. The van der Waals surface area contributed by atoms with E-state index in [1.54, 1.807) is 10.7 Å². The minimum Gasteiger partial charge on any atom is -0.382 e. The van der Waals surface area contributed by atoms with Crippen LogP contribution in [0.2, 0.25) is 25.7 Å². The molecule has 0 bridgehead atoms. The number of hydrogen-bond acceptors (Lipinski definition) is 5. The Morgan fingerprint density at radius 2 is 1.86 bits per heavy atom. The highest BCUT2D eigenvalue weighted by Crippen LogP contribution is 2.09. The first-order valence-corrected chi connectivity index (χ1v) is 11.0. The third-order valence-electron chi connectivity index (χ3n) is 2.94. The number of hydrogen-bond donors (Lipinski definition) is 3. The van der Waals surface area contributed by atoms with Gasteiger partial charge in [-0.25, -0.2) is 4.68 Å². The van der Waals surface area contributed by atoms with Crippen molar-refractivity contribution in [3.8, 4) is 0 Å². The second-order valence-corrected chi connectivity index (χ2v) is 12.2. The summed E-state index contributed by atoms with van der Waals surface area (Å²) in [6.07, 6.45) is 0. The minimum atomic E-state index is -0.983. The summed E-state index contributed by atoms with van der Waals surface area (Å²) in [5.41, 5.74) is 12.8. The molecule has 22 heavy (non-hydrogen) atoms. The molecule has 0 aromatic carbocycles. The van der Waals surface area contributed by atoms with E-state index in [9.17, 15) is 0 Å². The van der Waals surface area contributed by atoms with Crippen molar-refractivity contribution < 1.29 is 4.74 Å². The van der Waals surface area contributed by atoms with Crippen molar-refractivity contribution in [1.29, 1.82) is 0 Å². The maximum Gasteiger partial charge on any atom is 0.145 e. The van der Waals surface area contributed by atoms with Gasteiger partial charge < -0.3 is 16.2 Å². The Morgan fingerprint density at radius 1 is 1.18 bits per heavy atom. The lowest BCUT2D eigenvalue weighted by atomic mass is 10.5. The van der Waals surface area contributed by atoms with Crippen molar-refractivity contribution in [2.24, 2.45) is 0 Å². The van der Waals surface area contributed by atoms with Gasteiger partial charge in [0.1, 0.15) is 18.4 Å². The highest BCUT2D eigenvalue weighted by atomic mass is 28.3. The van der Waals surface area contributed by atoms with Crippen molar-refractivity contribution in [1.82, 2.24) is 20.0 Å². The third kappa shape index (κ3) is 7.28. The molecule has 7 nitrogen and oxygen atoms in total. The van der Waals surface area contributed by atoms with E-state index in [4.69, 9.17) is 16.2 Å². The minimum absolute atomic E-state index is 0.507. The van der Waals surface area contributed by atoms with Crippen LogP contribution in [-0.2, 0) is 11.5 Å². The lowest BCUT2D eigenvalue weighted by Crippen LogP contribution is -2.22. The molecule has 0 aliphatic rings. The number of nitrogen functional groups attached to an aromatic ring is 2. The second kappa shape index (κ2) is 8.00. The molecule has 0 radical (unpaired) electrons. The number of aromatic amines is 1. The van der Waals surface area contributed by atoms with Gasteiger partial charge in [-0.15, -0.1) is 0 Å². The quantitative estimate of drug-likeness (QED) is 0.578. The fourth-order valence-electron chi connectivity index (χ4n) is 1.63. The van der Waals surface area contributed by atoms with E-state index >= 15 is 0 Å². The Morgan fingerprint density at radius 3 is 2.23 bits per heavy atom. The topological polar surface area (TPSA) is 108 Å². The summed E-state index contributed by atoms with van der Waals surface area (Å²) in [7, 11) is -0.983. The van der Waals surface area contributed by atoms with Crippen molar-refractivity contribution in [2.75, 3.05) is 18.1 Å².